The van der Waals surface area contributed by atoms with Crippen molar-refractivity contribution >= 4 is 11.5 Å². The first-order valence-electron chi connectivity index (χ1n) is 11.9. The summed E-state index contributed by atoms with van der Waals surface area (Å²) in [4.78, 5) is 14.4. The largest absolute Gasteiger partial charge is 0.393 e. The van der Waals surface area contributed by atoms with Crippen LogP contribution in [0.2, 0.25) is 0 Å². The van der Waals surface area contributed by atoms with Crippen molar-refractivity contribution < 1.29 is 9.90 Å². The molecular weight excluding hydrogens is 370 g/mol. The molecule has 0 spiro atoms. The van der Waals surface area contributed by atoms with Crippen LogP contribution in [0.15, 0.2) is 35.9 Å². The molecule has 7 atom stereocenters. The van der Waals surface area contributed by atoms with Crippen LogP contribution in [-0.4, -0.2) is 31.1 Å². The summed E-state index contributed by atoms with van der Waals surface area (Å²) in [6.45, 7) is 4.82. The number of allylic oxidation sites excluding steroid dienone is 1. The van der Waals surface area contributed by atoms with Crippen LogP contribution >= 0.6 is 0 Å². The van der Waals surface area contributed by atoms with Crippen LogP contribution < -0.4 is 4.90 Å². The van der Waals surface area contributed by atoms with E-state index >= 15 is 0 Å². The number of carbonyl (C=O) groups excluding carboxylic acids is 1. The molecule has 5 rings (SSSR count). The molecule has 0 heterocycles. The van der Waals surface area contributed by atoms with Crippen molar-refractivity contribution in [2.75, 3.05) is 19.0 Å². The normalized spacial score (nSPS) is 42.8. The summed E-state index contributed by atoms with van der Waals surface area (Å²) in [7, 11) is 4.18. The van der Waals surface area contributed by atoms with E-state index in [0.717, 1.165) is 25.7 Å². The predicted octanol–water partition coefficient (Wildman–Crippen LogP) is 5.34. The molecule has 162 valence electrons. The smallest absolute Gasteiger partial charge is 0.155 e. The number of rotatable bonds is 2. The third-order valence-electron chi connectivity index (χ3n) is 9.71. The molecule has 3 saturated carbocycles. The molecule has 0 amide bonds. The molecule has 0 bridgehead atoms. The molecule has 4 aliphatic rings. The van der Waals surface area contributed by atoms with Crippen LogP contribution in [0.3, 0.4) is 0 Å². The Morgan fingerprint density at radius 1 is 1.03 bits per heavy atom. The van der Waals surface area contributed by atoms with Crippen molar-refractivity contribution in [1.82, 2.24) is 0 Å². The molecule has 3 fully saturated rings. The molecule has 3 nitrogen and oxygen atoms in total. The molecule has 30 heavy (non-hydrogen) atoms. The minimum atomic E-state index is -0.176. The van der Waals surface area contributed by atoms with Crippen LogP contribution in [0, 0.1) is 28.6 Å². The number of nitrogens with zero attached hydrogens (tertiary/aromatic N) is 1. The maximum atomic E-state index is 12.2. The summed E-state index contributed by atoms with van der Waals surface area (Å²) in [6, 6.07) is 9.15. The van der Waals surface area contributed by atoms with Gasteiger partial charge in [-0.3, -0.25) is 4.79 Å². The van der Waals surface area contributed by atoms with Crippen LogP contribution in [-0.2, 0) is 4.79 Å². The summed E-state index contributed by atoms with van der Waals surface area (Å²) in [6.07, 6.45) is 8.95. The zero-order valence-corrected chi connectivity index (χ0v) is 19.0. The lowest BCUT2D eigenvalue weighted by atomic mass is 9.44. The van der Waals surface area contributed by atoms with Gasteiger partial charge in [-0.2, -0.15) is 0 Å². The lowest BCUT2D eigenvalue weighted by molar-refractivity contribution is -0.118. The molecule has 1 N–H and O–H groups in total. The van der Waals surface area contributed by atoms with E-state index in [0.29, 0.717) is 35.9 Å². The van der Waals surface area contributed by atoms with E-state index in [2.05, 4.69) is 57.1 Å². The van der Waals surface area contributed by atoms with E-state index in [1.54, 1.807) is 0 Å². The molecule has 0 aromatic heterocycles. The predicted molar refractivity (Wildman–Crippen MR) is 122 cm³/mol. The second kappa shape index (κ2) is 6.95. The molecule has 0 radical (unpaired) electrons. The first-order chi connectivity index (χ1) is 14.2. The van der Waals surface area contributed by atoms with E-state index in [-0.39, 0.29) is 16.9 Å². The molecule has 1 aromatic rings. The van der Waals surface area contributed by atoms with Crippen LogP contribution in [0.25, 0.3) is 0 Å². The quantitative estimate of drug-likeness (QED) is 0.719. The molecule has 3 heteroatoms. The van der Waals surface area contributed by atoms with Gasteiger partial charge in [0.1, 0.15) is 0 Å². The van der Waals surface area contributed by atoms with Crippen molar-refractivity contribution in [3.63, 3.8) is 0 Å². The number of hydrogen-bond donors (Lipinski definition) is 1. The fourth-order valence-corrected chi connectivity index (χ4v) is 8.06. The SMILES string of the molecule is CN(C)c1ccc(C2CC3(C)C(O)CCC3C3CCC4=CC(=O)CCC4(C)C23)cc1. The van der Waals surface area contributed by atoms with Gasteiger partial charge in [-0.05, 0) is 96.8 Å². The lowest BCUT2D eigenvalue weighted by Gasteiger charge is -2.61. The Balaban J connectivity index is 1.61. The molecule has 1 aromatic carbocycles. The third kappa shape index (κ3) is 2.84. The third-order valence-corrected chi connectivity index (χ3v) is 9.71. The van der Waals surface area contributed by atoms with E-state index in [9.17, 15) is 9.90 Å². The topological polar surface area (TPSA) is 40.5 Å². The standard InChI is InChI=1S/C27H37NO2/c1-26-14-13-20(29)15-18(26)7-10-21-23-11-12-24(30)27(23,2)16-22(25(21)26)17-5-8-19(9-6-17)28(3)4/h5-6,8-9,15,21-25,30H,7,10-14,16H2,1-4H3. The average molecular weight is 408 g/mol. The second-order valence-electron chi connectivity index (χ2n) is 11.3. The highest BCUT2D eigenvalue weighted by Gasteiger charge is 2.62. The number of benzene rings is 1. The van der Waals surface area contributed by atoms with Gasteiger partial charge in [0.15, 0.2) is 5.78 Å². The average Bonchev–Trinajstić information content (AvgIpc) is 3.02. The summed E-state index contributed by atoms with van der Waals surface area (Å²) in [5, 5.41) is 11.0. The van der Waals surface area contributed by atoms with Crippen LogP contribution in [0.5, 0.6) is 0 Å². The number of fused-ring (bicyclic) bond motifs is 5. The van der Waals surface area contributed by atoms with Gasteiger partial charge in [-0.15, -0.1) is 0 Å². The van der Waals surface area contributed by atoms with Crippen molar-refractivity contribution in [3.8, 4) is 0 Å². The van der Waals surface area contributed by atoms with Crippen LogP contribution in [0.1, 0.15) is 70.3 Å². The highest BCUT2D eigenvalue weighted by Crippen LogP contribution is 2.68. The Kier molecular flexibility index (Phi) is 4.70. The van der Waals surface area contributed by atoms with Gasteiger partial charge >= 0.3 is 0 Å². The minimum absolute atomic E-state index is 0.0219. The number of hydrogen-bond acceptors (Lipinski definition) is 3. The Morgan fingerprint density at radius 3 is 2.47 bits per heavy atom. The molecule has 0 aliphatic heterocycles. The van der Waals surface area contributed by atoms with Crippen molar-refractivity contribution in [2.24, 2.45) is 28.6 Å². The van der Waals surface area contributed by atoms with Gasteiger partial charge < -0.3 is 10.0 Å². The highest BCUT2D eigenvalue weighted by atomic mass is 16.3. The van der Waals surface area contributed by atoms with E-state index in [1.807, 2.05) is 6.08 Å². The van der Waals surface area contributed by atoms with E-state index in [1.165, 1.54) is 29.7 Å². The number of aliphatic hydroxyl groups excluding tert-OH is 1. The monoisotopic (exact) mass is 407 g/mol. The highest BCUT2D eigenvalue weighted by molar-refractivity contribution is 5.91. The first-order valence-corrected chi connectivity index (χ1v) is 11.9. The summed E-state index contributed by atoms with van der Waals surface area (Å²) in [5.74, 6) is 2.60. The van der Waals surface area contributed by atoms with Gasteiger partial charge in [0.25, 0.3) is 0 Å². The second-order valence-corrected chi connectivity index (χ2v) is 11.3. The first kappa shape index (κ1) is 20.3. The Hall–Kier alpha value is -1.61. The van der Waals surface area contributed by atoms with E-state index in [4.69, 9.17) is 0 Å². The molecular formula is C27H37NO2. The minimum Gasteiger partial charge on any atom is -0.393 e. The molecule has 4 aliphatic carbocycles. The Morgan fingerprint density at radius 2 is 1.77 bits per heavy atom. The zero-order chi connectivity index (χ0) is 21.3. The van der Waals surface area contributed by atoms with Gasteiger partial charge in [0, 0.05) is 26.2 Å². The summed E-state index contributed by atoms with van der Waals surface area (Å²) < 4.78 is 0. The molecule has 7 unspecified atom stereocenters. The van der Waals surface area contributed by atoms with Crippen LogP contribution in [0.4, 0.5) is 5.69 Å². The maximum Gasteiger partial charge on any atom is 0.155 e. The maximum absolute atomic E-state index is 12.2. The number of carbonyl (C=O) groups is 1. The van der Waals surface area contributed by atoms with Gasteiger partial charge in [-0.25, -0.2) is 0 Å². The number of aliphatic hydroxyl groups is 1. The van der Waals surface area contributed by atoms with Crippen molar-refractivity contribution in [3.05, 3.63) is 41.5 Å². The van der Waals surface area contributed by atoms with Crippen molar-refractivity contribution in [1.29, 1.82) is 0 Å². The van der Waals surface area contributed by atoms with Gasteiger partial charge in [-0.1, -0.05) is 31.6 Å². The Labute approximate surface area is 181 Å². The van der Waals surface area contributed by atoms with Crippen molar-refractivity contribution in [2.45, 2.75) is 70.8 Å². The number of ketones is 1. The fourth-order valence-electron chi connectivity index (χ4n) is 8.06. The summed E-state index contributed by atoms with van der Waals surface area (Å²) in [5.41, 5.74) is 4.21. The fraction of sp³-hybridized carbons (Fsp3) is 0.667. The number of anilines is 1. The van der Waals surface area contributed by atoms with Gasteiger partial charge in [0.2, 0.25) is 0 Å². The zero-order valence-electron chi connectivity index (χ0n) is 19.0. The summed E-state index contributed by atoms with van der Waals surface area (Å²) >= 11 is 0. The van der Waals surface area contributed by atoms with Gasteiger partial charge in [0.05, 0.1) is 6.10 Å². The molecule has 0 saturated heterocycles. The lowest BCUT2D eigenvalue weighted by Crippen LogP contribution is -2.54. The Bertz CT molecular complexity index is 871. The van der Waals surface area contributed by atoms with E-state index < -0.39 is 0 Å².